The average Bonchev–Trinajstić information content (AvgIpc) is 2.29. The van der Waals surface area contributed by atoms with Crippen LogP contribution < -0.4 is 5.32 Å². The fourth-order valence-corrected chi connectivity index (χ4v) is 1.70. The van der Waals surface area contributed by atoms with Crippen molar-refractivity contribution in [2.45, 2.75) is 38.9 Å². The number of benzene rings is 1. The van der Waals surface area contributed by atoms with Gasteiger partial charge in [0, 0.05) is 5.69 Å². The van der Waals surface area contributed by atoms with Crippen LogP contribution in [0, 0.1) is 0 Å². The number of anilines is 1. The molecule has 0 saturated carbocycles. The molecule has 2 nitrogen and oxygen atoms in total. The summed E-state index contributed by atoms with van der Waals surface area (Å²) in [5.41, 5.74) is 3.33. The van der Waals surface area contributed by atoms with Crippen LogP contribution in [0.25, 0.3) is 0 Å². The molecule has 1 amide bonds. The zero-order valence-electron chi connectivity index (χ0n) is 10.1. The molecule has 0 aliphatic heterocycles. The van der Waals surface area contributed by atoms with Crippen molar-refractivity contribution in [1.29, 1.82) is 0 Å². The van der Waals surface area contributed by atoms with E-state index in [1.54, 1.807) is 6.92 Å². The van der Waals surface area contributed by atoms with Crippen LogP contribution in [0.3, 0.4) is 0 Å². The lowest BCUT2D eigenvalue weighted by Gasteiger charge is -2.15. The van der Waals surface area contributed by atoms with Gasteiger partial charge in [-0.15, -0.1) is 0 Å². The fraction of sp³-hybridized carbons (Fsp3) is 0.462. The first-order valence-corrected chi connectivity index (χ1v) is 6.21. The maximum atomic E-state index is 11.7. The molecular weight excluding hydrogens is 218 g/mol. The molecule has 0 aliphatic carbocycles. The fourth-order valence-electron chi connectivity index (χ4n) is 1.63. The predicted molar refractivity (Wildman–Crippen MR) is 72.3 cm³/mol. The summed E-state index contributed by atoms with van der Waals surface area (Å²) in [5, 5.41) is 2.68. The van der Waals surface area contributed by atoms with E-state index in [0.717, 1.165) is 18.5 Å². The Kier molecular flexibility index (Phi) is 4.87. The molecule has 1 atom stereocenters. The topological polar surface area (TPSA) is 29.1 Å². The highest BCUT2D eigenvalue weighted by atomic mass is 32.1. The predicted octanol–water partition coefficient (Wildman–Crippen LogP) is 3.07. The molecular formula is C13H19NOS. The number of hydrogen-bond acceptors (Lipinski definition) is 2. The van der Waals surface area contributed by atoms with Crippen molar-refractivity contribution in [3.63, 3.8) is 0 Å². The van der Waals surface area contributed by atoms with Crippen LogP contribution in [0.5, 0.6) is 0 Å². The van der Waals surface area contributed by atoms with Gasteiger partial charge >= 0.3 is 0 Å². The minimum absolute atomic E-state index is 0.0427. The van der Waals surface area contributed by atoms with Gasteiger partial charge in [0.25, 0.3) is 0 Å². The monoisotopic (exact) mass is 237 g/mol. The molecule has 88 valence electrons. The van der Waals surface area contributed by atoms with Gasteiger partial charge in [0.05, 0.1) is 5.25 Å². The summed E-state index contributed by atoms with van der Waals surface area (Å²) in [6, 6.07) is 6.15. The van der Waals surface area contributed by atoms with Crippen molar-refractivity contribution < 1.29 is 4.79 Å². The zero-order valence-corrected chi connectivity index (χ0v) is 11.0. The summed E-state index contributed by atoms with van der Waals surface area (Å²) in [6.07, 6.45) is 1.84. The number of hydrogen-bond donors (Lipinski definition) is 2. The normalized spacial score (nSPS) is 12.2. The van der Waals surface area contributed by atoms with Crippen LogP contribution in [0.15, 0.2) is 18.2 Å². The largest absolute Gasteiger partial charge is 0.325 e. The van der Waals surface area contributed by atoms with Gasteiger partial charge in [-0.3, -0.25) is 4.79 Å². The molecule has 0 spiro atoms. The van der Waals surface area contributed by atoms with Crippen molar-refractivity contribution in [3.8, 4) is 0 Å². The van der Waals surface area contributed by atoms with E-state index >= 15 is 0 Å². The number of amides is 1. The molecule has 16 heavy (non-hydrogen) atoms. The van der Waals surface area contributed by atoms with E-state index in [9.17, 15) is 4.79 Å². The minimum Gasteiger partial charge on any atom is -0.325 e. The Balaban J connectivity index is 3.04. The van der Waals surface area contributed by atoms with E-state index in [1.807, 2.05) is 6.07 Å². The molecule has 1 aromatic carbocycles. The SMILES string of the molecule is CCc1cccc(CC)c1NC(=O)C(C)S. The Bertz CT molecular complexity index is 352. The van der Waals surface area contributed by atoms with Crippen LogP contribution in [0.1, 0.15) is 31.9 Å². The Morgan fingerprint density at radius 2 is 1.81 bits per heavy atom. The van der Waals surface area contributed by atoms with E-state index < -0.39 is 0 Å². The standard InChI is InChI=1S/C13H19NOS/c1-4-10-7-6-8-11(5-2)12(10)14-13(15)9(3)16/h6-9,16H,4-5H2,1-3H3,(H,14,15). The van der Waals surface area contributed by atoms with Crippen LogP contribution in [-0.4, -0.2) is 11.2 Å². The molecule has 0 radical (unpaired) electrons. The number of thiol groups is 1. The van der Waals surface area contributed by atoms with Gasteiger partial charge in [0.2, 0.25) is 5.91 Å². The van der Waals surface area contributed by atoms with E-state index in [4.69, 9.17) is 0 Å². The average molecular weight is 237 g/mol. The van der Waals surface area contributed by atoms with Gasteiger partial charge < -0.3 is 5.32 Å². The third kappa shape index (κ3) is 3.01. The summed E-state index contributed by atoms with van der Waals surface area (Å²) >= 11 is 4.14. The van der Waals surface area contributed by atoms with Crippen LogP contribution >= 0.6 is 12.6 Å². The summed E-state index contributed by atoms with van der Waals surface area (Å²) in [7, 11) is 0. The van der Waals surface area contributed by atoms with E-state index in [2.05, 4.69) is 43.9 Å². The van der Waals surface area contributed by atoms with Crippen molar-refractivity contribution in [3.05, 3.63) is 29.3 Å². The molecule has 0 bridgehead atoms. The highest BCUT2D eigenvalue weighted by Gasteiger charge is 2.12. The first-order chi connectivity index (χ1) is 7.60. The molecule has 0 saturated heterocycles. The van der Waals surface area contributed by atoms with E-state index in [1.165, 1.54) is 11.1 Å². The van der Waals surface area contributed by atoms with Gasteiger partial charge in [-0.25, -0.2) is 0 Å². The smallest absolute Gasteiger partial charge is 0.236 e. The molecule has 1 rings (SSSR count). The summed E-state index contributed by atoms with van der Waals surface area (Å²) < 4.78 is 0. The number of nitrogens with one attached hydrogen (secondary N) is 1. The third-order valence-electron chi connectivity index (χ3n) is 2.63. The van der Waals surface area contributed by atoms with Gasteiger partial charge in [0.15, 0.2) is 0 Å². The Hall–Kier alpha value is -0.960. The maximum absolute atomic E-state index is 11.7. The minimum atomic E-state index is -0.283. The molecule has 3 heteroatoms. The molecule has 1 N–H and O–H groups in total. The van der Waals surface area contributed by atoms with Crippen molar-refractivity contribution in [2.24, 2.45) is 0 Å². The first-order valence-electron chi connectivity index (χ1n) is 5.69. The summed E-state index contributed by atoms with van der Waals surface area (Å²) in [6.45, 7) is 5.96. The van der Waals surface area contributed by atoms with Gasteiger partial charge in [-0.05, 0) is 30.9 Å². The molecule has 1 unspecified atom stereocenters. The number of carbonyl (C=O) groups excluding carboxylic acids is 1. The van der Waals surface area contributed by atoms with Crippen LogP contribution in [0.4, 0.5) is 5.69 Å². The Labute approximate surface area is 103 Å². The Morgan fingerprint density at radius 1 is 1.31 bits per heavy atom. The molecule has 1 aromatic rings. The van der Waals surface area contributed by atoms with E-state index in [-0.39, 0.29) is 11.2 Å². The quantitative estimate of drug-likeness (QED) is 0.774. The highest BCUT2D eigenvalue weighted by Crippen LogP contribution is 2.22. The third-order valence-corrected chi connectivity index (χ3v) is 2.86. The second-order valence-corrected chi connectivity index (χ2v) is 4.60. The zero-order chi connectivity index (χ0) is 12.1. The van der Waals surface area contributed by atoms with Crippen LogP contribution in [0.2, 0.25) is 0 Å². The molecule has 0 heterocycles. The second-order valence-electron chi connectivity index (χ2n) is 3.82. The Morgan fingerprint density at radius 3 is 2.19 bits per heavy atom. The van der Waals surface area contributed by atoms with Crippen molar-refractivity contribution in [1.82, 2.24) is 0 Å². The number of carbonyl (C=O) groups is 1. The number of para-hydroxylation sites is 1. The van der Waals surface area contributed by atoms with Gasteiger partial charge in [-0.1, -0.05) is 32.0 Å². The summed E-state index contributed by atoms with van der Waals surface area (Å²) in [5.74, 6) is -0.0427. The summed E-state index contributed by atoms with van der Waals surface area (Å²) in [4.78, 5) is 11.7. The number of aryl methyl sites for hydroxylation is 2. The van der Waals surface area contributed by atoms with Crippen molar-refractivity contribution >= 4 is 24.2 Å². The van der Waals surface area contributed by atoms with Crippen LogP contribution in [-0.2, 0) is 17.6 Å². The van der Waals surface area contributed by atoms with E-state index in [0.29, 0.717) is 0 Å². The molecule has 0 aliphatic rings. The molecule has 0 fully saturated rings. The molecule has 0 aromatic heterocycles. The highest BCUT2D eigenvalue weighted by molar-refractivity contribution is 7.81. The first kappa shape index (κ1) is 13.1. The maximum Gasteiger partial charge on any atom is 0.236 e. The van der Waals surface area contributed by atoms with Gasteiger partial charge in [-0.2, -0.15) is 12.6 Å². The second kappa shape index (κ2) is 5.94. The number of rotatable bonds is 4. The van der Waals surface area contributed by atoms with Crippen molar-refractivity contribution in [2.75, 3.05) is 5.32 Å². The van der Waals surface area contributed by atoms with Gasteiger partial charge in [0.1, 0.15) is 0 Å². The lowest BCUT2D eigenvalue weighted by atomic mass is 10.0. The lowest BCUT2D eigenvalue weighted by molar-refractivity contribution is -0.115. The lowest BCUT2D eigenvalue weighted by Crippen LogP contribution is -2.22.